The largest absolute Gasteiger partial charge is 0.497 e. The number of rotatable bonds is 3. The number of hydrogen-bond donors (Lipinski definition) is 2. The quantitative estimate of drug-likeness (QED) is 0.915. The van der Waals surface area contributed by atoms with E-state index in [0.29, 0.717) is 5.82 Å². The van der Waals surface area contributed by atoms with E-state index < -0.39 is 0 Å². The van der Waals surface area contributed by atoms with Crippen LogP contribution in [0.2, 0.25) is 0 Å². The first-order valence-electron chi connectivity index (χ1n) is 5.34. The number of nitrogen functional groups attached to an aromatic ring is 1. The molecule has 0 radical (unpaired) electrons. The van der Waals surface area contributed by atoms with Gasteiger partial charge in [-0.25, -0.2) is 0 Å². The van der Waals surface area contributed by atoms with E-state index >= 15 is 0 Å². The predicted molar refractivity (Wildman–Crippen MR) is 72.1 cm³/mol. The van der Waals surface area contributed by atoms with Crippen molar-refractivity contribution < 1.29 is 4.74 Å². The Kier molecular flexibility index (Phi) is 3.38. The van der Waals surface area contributed by atoms with Gasteiger partial charge in [-0.1, -0.05) is 6.92 Å². The van der Waals surface area contributed by atoms with Crippen molar-refractivity contribution in [3.05, 3.63) is 28.2 Å². The van der Waals surface area contributed by atoms with Crippen LogP contribution in [0.3, 0.4) is 0 Å². The second-order valence-electron chi connectivity index (χ2n) is 3.66. The first-order chi connectivity index (χ1) is 8.17. The molecule has 90 valence electrons. The zero-order valence-corrected chi connectivity index (χ0v) is 11.3. The predicted octanol–water partition coefficient (Wildman–Crippen LogP) is 2.99. The van der Waals surface area contributed by atoms with E-state index in [1.54, 1.807) is 7.11 Å². The molecule has 0 spiro atoms. The summed E-state index contributed by atoms with van der Waals surface area (Å²) < 4.78 is 6.12. The van der Waals surface area contributed by atoms with Crippen LogP contribution in [0.1, 0.15) is 12.5 Å². The van der Waals surface area contributed by atoms with Gasteiger partial charge < -0.3 is 10.5 Å². The van der Waals surface area contributed by atoms with Gasteiger partial charge in [0.2, 0.25) is 0 Å². The van der Waals surface area contributed by atoms with E-state index in [9.17, 15) is 0 Å². The molecule has 0 aliphatic carbocycles. The lowest BCUT2D eigenvalue weighted by Crippen LogP contribution is -1.91. The van der Waals surface area contributed by atoms with Gasteiger partial charge in [0.25, 0.3) is 0 Å². The van der Waals surface area contributed by atoms with Crippen molar-refractivity contribution in [1.82, 2.24) is 10.2 Å². The van der Waals surface area contributed by atoms with Gasteiger partial charge in [-0.05, 0) is 40.5 Å². The van der Waals surface area contributed by atoms with Crippen LogP contribution >= 0.6 is 15.9 Å². The Balaban J connectivity index is 2.53. The molecule has 0 fully saturated rings. The third kappa shape index (κ3) is 2.15. The molecule has 17 heavy (non-hydrogen) atoms. The summed E-state index contributed by atoms with van der Waals surface area (Å²) in [6.45, 7) is 2.06. The van der Waals surface area contributed by atoms with Crippen LogP contribution in [-0.4, -0.2) is 17.3 Å². The van der Waals surface area contributed by atoms with Crippen molar-refractivity contribution >= 4 is 21.7 Å². The number of nitrogens with two attached hydrogens (primary N) is 1. The first-order valence-corrected chi connectivity index (χ1v) is 6.13. The normalized spacial score (nSPS) is 10.5. The van der Waals surface area contributed by atoms with E-state index in [1.165, 1.54) is 0 Å². The van der Waals surface area contributed by atoms with Crippen molar-refractivity contribution in [2.45, 2.75) is 13.3 Å². The van der Waals surface area contributed by atoms with E-state index in [0.717, 1.165) is 33.5 Å². The zero-order chi connectivity index (χ0) is 12.4. The van der Waals surface area contributed by atoms with Crippen molar-refractivity contribution in [2.24, 2.45) is 0 Å². The van der Waals surface area contributed by atoms with Gasteiger partial charge in [0.15, 0.2) is 0 Å². The van der Waals surface area contributed by atoms with E-state index in [1.807, 2.05) is 18.2 Å². The number of ether oxygens (including phenoxy) is 1. The standard InChI is InChI=1S/C12H14BrN3O/c1-3-8-11(15-16-12(8)14)9-5-4-7(17-2)6-10(9)13/h4-6H,3H2,1-2H3,(H3,14,15,16). The maximum absolute atomic E-state index is 5.81. The molecule has 0 unspecified atom stereocenters. The summed E-state index contributed by atoms with van der Waals surface area (Å²) in [7, 11) is 1.65. The lowest BCUT2D eigenvalue weighted by atomic mass is 10.1. The number of aromatic nitrogens is 2. The Hall–Kier alpha value is -1.49. The molecule has 0 saturated heterocycles. The van der Waals surface area contributed by atoms with Gasteiger partial charge in [-0.2, -0.15) is 5.10 Å². The molecular formula is C12H14BrN3O. The van der Waals surface area contributed by atoms with Crippen LogP contribution in [-0.2, 0) is 6.42 Å². The number of benzene rings is 1. The molecule has 5 heteroatoms. The third-order valence-corrected chi connectivity index (χ3v) is 3.35. The minimum atomic E-state index is 0.560. The SMILES string of the molecule is CCc1c(N)n[nH]c1-c1ccc(OC)cc1Br. The number of nitrogens with zero attached hydrogens (tertiary/aromatic N) is 1. The molecular weight excluding hydrogens is 282 g/mol. The summed E-state index contributed by atoms with van der Waals surface area (Å²) in [4.78, 5) is 0. The molecule has 0 saturated carbocycles. The van der Waals surface area contributed by atoms with Crippen molar-refractivity contribution in [3.8, 4) is 17.0 Å². The molecule has 0 bridgehead atoms. The number of anilines is 1. The Labute approximate surface area is 108 Å². The maximum atomic E-state index is 5.81. The molecule has 2 rings (SSSR count). The molecule has 1 heterocycles. The van der Waals surface area contributed by atoms with Gasteiger partial charge in [-0.3, -0.25) is 5.10 Å². The molecule has 2 aromatic rings. The van der Waals surface area contributed by atoms with Gasteiger partial charge in [0, 0.05) is 15.6 Å². The molecule has 0 amide bonds. The highest BCUT2D eigenvalue weighted by Crippen LogP contribution is 2.33. The van der Waals surface area contributed by atoms with Gasteiger partial charge in [0.1, 0.15) is 11.6 Å². The Morgan fingerprint density at radius 3 is 2.82 bits per heavy atom. The highest BCUT2D eigenvalue weighted by atomic mass is 79.9. The molecule has 4 nitrogen and oxygen atoms in total. The van der Waals surface area contributed by atoms with Crippen LogP contribution in [0, 0.1) is 0 Å². The van der Waals surface area contributed by atoms with Gasteiger partial charge in [-0.15, -0.1) is 0 Å². The fourth-order valence-corrected chi connectivity index (χ4v) is 2.34. The molecule has 1 aromatic carbocycles. The molecule has 1 aromatic heterocycles. The van der Waals surface area contributed by atoms with E-state index in [4.69, 9.17) is 10.5 Å². The minimum absolute atomic E-state index is 0.560. The van der Waals surface area contributed by atoms with Crippen LogP contribution < -0.4 is 10.5 Å². The summed E-state index contributed by atoms with van der Waals surface area (Å²) in [5.41, 5.74) is 8.84. The van der Waals surface area contributed by atoms with E-state index in [-0.39, 0.29) is 0 Å². The summed E-state index contributed by atoms with van der Waals surface area (Å²) in [5, 5.41) is 7.02. The number of H-pyrrole nitrogens is 1. The van der Waals surface area contributed by atoms with Crippen molar-refractivity contribution in [2.75, 3.05) is 12.8 Å². The first kappa shape index (κ1) is 12.0. The average Bonchev–Trinajstić information content (AvgIpc) is 2.70. The Bertz CT molecular complexity index is 537. The summed E-state index contributed by atoms with van der Waals surface area (Å²) in [6, 6.07) is 5.82. The van der Waals surface area contributed by atoms with Crippen LogP contribution in [0.5, 0.6) is 5.75 Å². The van der Waals surface area contributed by atoms with Gasteiger partial charge >= 0.3 is 0 Å². The highest BCUT2D eigenvalue weighted by Gasteiger charge is 2.13. The monoisotopic (exact) mass is 295 g/mol. The lowest BCUT2D eigenvalue weighted by molar-refractivity contribution is 0.414. The second-order valence-corrected chi connectivity index (χ2v) is 4.52. The average molecular weight is 296 g/mol. The molecule has 3 N–H and O–H groups in total. The number of hydrogen-bond acceptors (Lipinski definition) is 3. The lowest BCUT2D eigenvalue weighted by Gasteiger charge is -2.07. The smallest absolute Gasteiger partial charge is 0.149 e. The van der Waals surface area contributed by atoms with Crippen molar-refractivity contribution in [3.63, 3.8) is 0 Å². The minimum Gasteiger partial charge on any atom is -0.497 e. The van der Waals surface area contributed by atoms with Crippen LogP contribution in [0.25, 0.3) is 11.3 Å². The number of nitrogens with one attached hydrogen (secondary N) is 1. The fourth-order valence-electron chi connectivity index (χ4n) is 1.79. The summed E-state index contributed by atoms with van der Waals surface area (Å²) >= 11 is 3.53. The van der Waals surface area contributed by atoms with Crippen LogP contribution in [0.4, 0.5) is 5.82 Å². The maximum Gasteiger partial charge on any atom is 0.149 e. The molecule has 0 aliphatic rings. The number of methoxy groups -OCH3 is 1. The molecule has 0 aliphatic heterocycles. The van der Waals surface area contributed by atoms with Gasteiger partial charge in [0.05, 0.1) is 12.8 Å². The van der Waals surface area contributed by atoms with Crippen LogP contribution in [0.15, 0.2) is 22.7 Å². The van der Waals surface area contributed by atoms with E-state index in [2.05, 4.69) is 33.1 Å². The Morgan fingerprint density at radius 2 is 2.24 bits per heavy atom. The Morgan fingerprint density at radius 1 is 1.47 bits per heavy atom. The summed E-state index contributed by atoms with van der Waals surface area (Å²) in [6.07, 6.45) is 0.843. The number of halogens is 1. The highest BCUT2D eigenvalue weighted by molar-refractivity contribution is 9.10. The topological polar surface area (TPSA) is 63.9 Å². The second kappa shape index (κ2) is 4.79. The van der Waals surface area contributed by atoms with Crippen molar-refractivity contribution in [1.29, 1.82) is 0 Å². The third-order valence-electron chi connectivity index (χ3n) is 2.70. The zero-order valence-electron chi connectivity index (χ0n) is 9.75. The molecule has 0 atom stereocenters. The summed E-state index contributed by atoms with van der Waals surface area (Å²) in [5.74, 6) is 1.37. The fraction of sp³-hybridized carbons (Fsp3) is 0.250. The number of aromatic amines is 1.